The van der Waals surface area contributed by atoms with Crippen molar-refractivity contribution in [2.24, 2.45) is 11.8 Å². The van der Waals surface area contributed by atoms with E-state index in [1.165, 1.54) is 12.1 Å². The van der Waals surface area contributed by atoms with E-state index in [-0.39, 0.29) is 39.9 Å². The lowest BCUT2D eigenvalue weighted by Crippen LogP contribution is -2.39. The molecule has 21 heavy (non-hydrogen) atoms. The Morgan fingerprint density at radius 3 is 2.71 bits per heavy atom. The molecule has 1 aromatic rings. The van der Waals surface area contributed by atoms with Crippen LogP contribution in [0, 0.1) is 17.6 Å². The van der Waals surface area contributed by atoms with Crippen LogP contribution in [0.2, 0.25) is 0 Å². The summed E-state index contributed by atoms with van der Waals surface area (Å²) in [6.07, 6.45) is 1.12. The van der Waals surface area contributed by atoms with Crippen LogP contribution in [0.4, 0.5) is 8.78 Å². The van der Waals surface area contributed by atoms with Crippen LogP contribution in [0.25, 0.3) is 0 Å². The van der Waals surface area contributed by atoms with Crippen LogP contribution >= 0.6 is 15.9 Å². The van der Waals surface area contributed by atoms with E-state index in [1.54, 1.807) is 0 Å². The van der Waals surface area contributed by atoms with Crippen molar-refractivity contribution >= 4 is 25.8 Å². The Hall–Kier alpha value is -0.570. The highest BCUT2D eigenvalue weighted by Gasteiger charge is 2.30. The van der Waals surface area contributed by atoms with Crippen molar-refractivity contribution in [3.8, 4) is 0 Å². The maximum atomic E-state index is 13.9. The average Bonchev–Trinajstić information content (AvgIpc) is 2.77. The fourth-order valence-corrected chi connectivity index (χ4v) is 4.92. The number of halogens is 3. The zero-order chi connectivity index (χ0) is 15.6. The molecule has 1 fully saturated rings. The molecule has 0 radical (unpaired) electrons. The molecule has 118 valence electrons. The van der Waals surface area contributed by atoms with Gasteiger partial charge >= 0.3 is 0 Å². The maximum absolute atomic E-state index is 13.9. The van der Waals surface area contributed by atoms with Crippen molar-refractivity contribution in [3.63, 3.8) is 0 Å². The Morgan fingerprint density at radius 2 is 2.14 bits per heavy atom. The molecule has 2 atom stereocenters. The number of nitrogens with two attached hydrogens (primary N) is 1. The fourth-order valence-electron chi connectivity index (χ4n) is 2.67. The molecule has 8 heteroatoms. The van der Waals surface area contributed by atoms with Crippen LogP contribution < -0.4 is 11.3 Å². The van der Waals surface area contributed by atoms with Gasteiger partial charge < -0.3 is 0 Å². The van der Waals surface area contributed by atoms with E-state index in [1.807, 2.05) is 0 Å². The van der Waals surface area contributed by atoms with Gasteiger partial charge in [-0.15, -0.1) is 0 Å². The summed E-state index contributed by atoms with van der Waals surface area (Å²) in [4.78, 5) is 0. The second kappa shape index (κ2) is 6.68. The van der Waals surface area contributed by atoms with E-state index in [2.05, 4.69) is 21.4 Å². The molecule has 0 bridgehead atoms. The van der Waals surface area contributed by atoms with E-state index in [9.17, 15) is 17.2 Å². The van der Waals surface area contributed by atoms with Crippen molar-refractivity contribution in [2.45, 2.75) is 25.3 Å². The van der Waals surface area contributed by atoms with E-state index < -0.39 is 21.5 Å². The molecule has 4 nitrogen and oxygen atoms in total. The molecule has 0 spiro atoms. The Balaban J connectivity index is 2.08. The van der Waals surface area contributed by atoms with Gasteiger partial charge in [-0.2, -0.15) is 0 Å². The minimum atomic E-state index is -2.97. The molecular weight excluding hydrogens is 366 g/mol. The summed E-state index contributed by atoms with van der Waals surface area (Å²) in [6.45, 7) is 0. The van der Waals surface area contributed by atoms with Gasteiger partial charge in [0.15, 0.2) is 9.84 Å². The summed E-state index contributed by atoms with van der Waals surface area (Å²) in [5, 5.41) is 0. The smallest absolute Gasteiger partial charge is 0.150 e. The zero-order valence-corrected chi connectivity index (χ0v) is 13.7. The van der Waals surface area contributed by atoms with Crippen molar-refractivity contribution in [2.75, 3.05) is 11.5 Å². The summed E-state index contributed by atoms with van der Waals surface area (Å²) < 4.78 is 50.8. The van der Waals surface area contributed by atoms with Crippen LogP contribution in [-0.4, -0.2) is 26.0 Å². The first-order valence-electron chi connectivity index (χ1n) is 6.61. The van der Waals surface area contributed by atoms with Crippen LogP contribution in [0.5, 0.6) is 0 Å². The van der Waals surface area contributed by atoms with Gasteiger partial charge in [-0.25, -0.2) is 17.2 Å². The lowest BCUT2D eigenvalue weighted by atomic mass is 9.94. The van der Waals surface area contributed by atoms with Crippen LogP contribution in [0.15, 0.2) is 16.6 Å². The van der Waals surface area contributed by atoms with Gasteiger partial charge in [-0.3, -0.25) is 11.3 Å². The van der Waals surface area contributed by atoms with Gasteiger partial charge in [0.1, 0.15) is 11.6 Å². The molecule has 2 unspecified atom stereocenters. The lowest BCUT2D eigenvalue weighted by molar-refractivity contribution is 0.398. The third-order valence-corrected chi connectivity index (χ3v) is 6.22. The zero-order valence-electron chi connectivity index (χ0n) is 11.3. The molecule has 1 saturated heterocycles. The second-order valence-electron chi connectivity index (χ2n) is 5.39. The van der Waals surface area contributed by atoms with Crippen molar-refractivity contribution in [1.82, 2.24) is 5.43 Å². The first-order valence-corrected chi connectivity index (χ1v) is 9.22. The summed E-state index contributed by atoms with van der Waals surface area (Å²) in [5.74, 6) is 4.45. The monoisotopic (exact) mass is 382 g/mol. The predicted octanol–water partition coefficient (Wildman–Crippen LogP) is 1.93. The quantitative estimate of drug-likeness (QED) is 0.463. The number of hydrogen-bond donors (Lipinski definition) is 2. The number of sulfone groups is 1. The van der Waals surface area contributed by atoms with E-state index in [4.69, 9.17) is 5.84 Å². The highest BCUT2D eigenvalue weighted by Crippen LogP contribution is 2.26. The van der Waals surface area contributed by atoms with Crippen LogP contribution in [0.3, 0.4) is 0 Å². The van der Waals surface area contributed by atoms with Crippen molar-refractivity contribution < 1.29 is 17.2 Å². The Bertz CT molecular complexity index is 625. The lowest BCUT2D eigenvalue weighted by Gasteiger charge is -2.20. The molecule has 0 aromatic heterocycles. The molecule has 1 heterocycles. The van der Waals surface area contributed by atoms with Gasteiger partial charge in [0.2, 0.25) is 0 Å². The third-order valence-electron chi connectivity index (χ3n) is 3.77. The Kier molecular flexibility index (Phi) is 5.34. The number of benzene rings is 1. The molecule has 3 N–H and O–H groups in total. The predicted molar refractivity (Wildman–Crippen MR) is 80.3 cm³/mol. The van der Waals surface area contributed by atoms with E-state index >= 15 is 0 Å². The summed E-state index contributed by atoms with van der Waals surface area (Å²) in [6, 6.07) is 2.13. The number of nitrogens with one attached hydrogen (secondary N) is 1. The third kappa shape index (κ3) is 4.21. The molecule has 1 aromatic carbocycles. The van der Waals surface area contributed by atoms with Crippen LogP contribution in [-0.2, 0) is 16.3 Å². The maximum Gasteiger partial charge on any atom is 0.150 e. The van der Waals surface area contributed by atoms with E-state index in [0.717, 1.165) is 0 Å². The minimum Gasteiger partial charge on any atom is -0.271 e. The largest absolute Gasteiger partial charge is 0.271 e. The summed E-state index contributed by atoms with van der Waals surface area (Å²) >= 11 is 3.02. The fraction of sp³-hybridized carbons (Fsp3) is 0.538. The van der Waals surface area contributed by atoms with E-state index in [0.29, 0.717) is 12.8 Å². The molecular formula is C13H17BrF2N2O2S. The highest BCUT2D eigenvalue weighted by atomic mass is 79.9. The highest BCUT2D eigenvalue weighted by molar-refractivity contribution is 9.10. The first kappa shape index (κ1) is 16.8. The SMILES string of the molecule is NNC(Cc1c(F)ccc(Br)c1F)CC1CCS(=O)(=O)C1. The Labute approximate surface area is 131 Å². The van der Waals surface area contributed by atoms with Gasteiger partial charge in [0, 0.05) is 11.6 Å². The number of hydrogen-bond acceptors (Lipinski definition) is 4. The molecule has 0 amide bonds. The van der Waals surface area contributed by atoms with Gasteiger partial charge in [-0.05, 0) is 53.2 Å². The molecule has 1 aliphatic rings. The van der Waals surface area contributed by atoms with Gasteiger partial charge in [0.05, 0.1) is 16.0 Å². The first-order chi connectivity index (χ1) is 9.82. The van der Waals surface area contributed by atoms with Gasteiger partial charge in [0.25, 0.3) is 0 Å². The standard InChI is InChI=1S/C13H17BrF2N2O2S/c14-11-1-2-12(15)10(13(11)16)6-9(18-17)5-8-3-4-21(19,20)7-8/h1-2,8-9,18H,3-7,17H2. The van der Waals surface area contributed by atoms with Crippen molar-refractivity contribution in [1.29, 1.82) is 0 Å². The second-order valence-corrected chi connectivity index (χ2v) is 8.48. The topological polar surface area (TPSA) is 72.2 Å². The summed E-state index contributed by atoms with van der Waals surface area (Å²) in [5.41, 5.74) is 2.49. The molecule has 0 aliphatic carbocycles. The minimum absolute atomic E-state index is 0.0191. The number of rotatable bonds is 5. The van der Waals surface area contributed by atoms with Crippen molar-refractivity contribution in [3.05, 3.63) is 33.8 Å². The average molecular weight is 383 g/mol. The van der Waals surface area contributed by atoms with Gasteiger partial charge in [-0.1, -0.05) is 0 Å². The Morgan fingerprint density at radius 1 is 1.43 bits per heavy atom. The normalized spacial score (nSPS) is 22.4. The molecule has 1 aliphatic heterocycles. The summed E-state index contributed by atoms with van der Waals surface area (Å²) in [7, 11) is -2.97. The molecule has 2 rings (SSSR count). The number of hydrazine groups is 1. The van der Waals surface area contributed by atoms with Crippen LogP contribution in [0.1, 0.15) is 18.4 Å². The molecule has 0 saturated carbocycles.